The van der Waals surface area contributed by atoms with Gasteiger partial charge in [0.05, 0.1) is 5.69 Å². The number of hydrogen-bond acceptors (Lipinski definition) is 5. The number of anilines is 1. The number of aromatic nitrogens is 1. The molecule has 2 heterocycles. The molecule has 0 saturated carbocycles. The van der Waals surface area contributed by atoms with Crippen LogP contribution in [-0.2, 0) is 12.8 Å². The molecule has 0 radical (unpaired) electrons. The van der Waals surface area contributed by atoms with Gasteiger partial charge in [-0.1, -0.05) is 30.3 Å². The first-order valence-corrected chi connectivity index (χ1v) is 11.5. The summed E-state index contributed by atoms with van der Waals surface area (Å²) in [7, 11) is 2.19. The van der Waals surface area contributed by atoms with E-state index in [1.165, 1.54) is 29.0 Å². The highest BCUT2D eigenvalue weighted by Crippen LogP contribution is 2.29. The van der Waals surface area contributed by atoms with Gasteiger partial charge >= 0.3 is 6.03 Å². The number of amides is 2. The number of carbonyl (C=O) groups is 1. The fourth-order valence-corrected chi connectivity index (χ4v) is 5.29. The molecule has 0 bridgehead atoms. The van der Waals surface area contributed by atoms with Crippen molar-refractivity contribution in [1.29, 1.82) is 0 Å². The van der Waals surface area contributed by atoms with Crippen LogP contribution in [0.4, 0.5) is 9.93 Å². The molecule has 1 fully saturated rings. The van der Waals surface area contributed by atoms with E-state index < -0.39 is 0 Å². The molecule has 1 saturated heterocycles. The lowest BCUT2D eigenvalue weighted by Gasteiger charge is -2.40. The number of aryl methyl sites for hydroxylation is 2. The summed E-state index contributed by atoms with van der Waals surface area (Å²) in [5.41, 5.74) is 2.55. The van der Waals surface area contributed by atoms with Crippen molar-refractivity contribution in [2.24, 2.45) is 0 Å². The molecule has 156 valence electrons. The van der Waals surface area contributed by atoms with Gasteiger partial charge in [-0.15, -0.1) is 11.3 Å². The standard InChI is InChI=1S/C22H31N5OS/c1-26-14-15-27(19(16-26)17-8-3-2-4-9-17)13-7-12-23-21(28)25-22-24-18-10-5-6-11-20(18)29-22/h2-4,8-9,19H,5-7,10-16H2,1H3,(H2,23,24,25,28). The molecule has 2 aromatic rings. The van der Waals surface area contributed by atoms with Crippen molar-refractivity contribution >= 4 is 22.5 Å². The van der Waals surface area contributed by atoms with Gasteiger partial charge < -0.3 is 10.2 Å². The van der Waals surface area contributed by atoms with E-state index in [2.05, 4.69) is 62.8 Å². The maximum atomic E-state index is 12.2. The minimum atomic E-state index is -0.144. The van der Waals surface area contributed by atoms with Gasteiger partial charge in [0, 0.05) is 43.6 Å². The smallest absolute Gasteiger partial charge is 0.321 e. The van der Waals surface area contributed by atoms with E-state index in [4.69, 9.17) is 0 Å². The molecule has 29 heavy (non-hydrogen) atoms. The number of fused-ring (bicyclic) bond motifs is 1. The number of benzene rings is 1. The van der Waals surface area contributed by atoms with Crippen molar-refractivity contribution in [3.8, 4) is 0 Å². The van der Waals surface area contributed by atoms with Crippen molar-refractivity contribution in [1.82, 2.24) is 20.1 Å². The third-order valence-electron chi connectivity index (χ3n) is 5.85. The van der Waals surface area contributed by atoms with Gasteiger partial charge in [-0.05, 0) is 44.7 Å². The lowest BCUT2D eigenvalue weighted by Crippen LogP contribution is -2.47. The van der Waals surface area contributed by atoms with Crippen LogP contribution in [0.2, 0.25) is 0 Å². The molecule has 1 aromatic carbocycles. The quantitative estimate of drug-likeness (QED) is 0.712. The first kappa shape index (κ1) is 20.3. The van der Waals surface area contributed by atoms with Crippen molar-refractivity contribution in [2.45, 2.75) is 38.1 Å². The molecule has 1 aromatic heterocycles. The molecule has 1 unspecified atom stereocenters. The highest BCUT2D eigenvalue weighted by Gasteiger charge is 2.26. The Hall–Kier alpha value is -1.96. The highest BCUT2D eigenvalue weighted by atomic mass is 32.1. The average Bonchev–Trinajstić information content (AvgIpc) is 3.15. The van der Waals surface area contributed by atoms with Crippen LogP contribution in [0.25, 0.3) is 0 Å². The number of rotatable bonds is 6. The number of urea groups is 1. The maximum absolute atomic E-state index is 12.2. The summed E-state index contributed by atoms with van der Waals surface area (Å²) in [4.78, 5) is 23.1. The summed E-state index contributed by atoms with van der Waals surface area (Å²) in [6, 6.07) is 11.0. The molecule has 2 N–H and O–H groups in total. The summed E-state index contributed by atoms with van der Waals surface area (Å²) >= 11 is 1.63. The Morgan fingerprint density at radius 3 is 2.86 bits per heavy atom. The molecule has 1 aliphatic heterocycles. The molecular weight excluding hydrogens is 382 g/mol. The Labute approximate surface area is 177 Å². The fourth-order valence-electron chi connectivity index (χ4n) is 4.25. The van der Waals surface area contributed by atoms with Gasteiger partial charge in [-0.2, -0.15) is 0 Å². The van der Waals surface area contributed by atoms with E-state index in [0.29, 0.717) is 12.6 Å². The molecular formula is C22H31N5OS. The molecule has 1 atom stereocenters. The highest BCUT2D eigenvalue weighted by molar-refractivity contribution is 7.15. The fraction of sp³-hybridized carbons (Fsp3) is 0.545. The van der Waals surface area contributed by atoms with Crippen LogP contribution < -0.4 is 10.6 Å². The second-order valence-electron chi connectivity index (χ2n) is 8.06. The topological polar surface area (TPSA) is 60.5 Å². The van der Waals surface area contributed by atoms with Crippen molar-refractivity contribution < 1.29 is 4.79 Å². The third kappa shape index (κ3) is 5.35. The Morgan fingerprint density at radius 2 is 2.03 bits per heavy atom. The van der Waals surface area contributed by atoms with Crippen LogP contribution >= 0.6 is 11.3 Å². The van der Waals surface area contributed by atoms with Crippen molar-refractivity contribution in [3.05, 3.63) is 46.5 Å². The molecule has 2 amide bonds. The minimum Gasteiger partial charge on any atom is -0.338 e. The van der Waals surface area contributed by atoms with Gasteiger partial charge in [0.1, 0.15) is 0 Å². The largest absolute Gasteiger partial charge is 0.338 e. The number of carbonyl (C=O) groups excluding carboxylic acids is 1. The minimum absolute atomic E-state index is 0.144. The Balaban J connectivity index is 1.23. The lowest BCUT2D eigenvalue weighted by molar-refractivity contribution is 0.0890. The summed E-state index contributed by atoms with van der Waals surface area (Å²) in [5, 5.41) is 6.64. The summed E-state index contributed by atoms with van der Waals surface area (Å²) in [6.07, 6.45) is 5.53. The maximum Gasteiger partial charge on any atom is 0.321 e. The van der Waals surface area contributed by atoms with E-state index in [-0.39, 0.29) is 6.03 Å². The molecule has 4 rings (SSSR count). The number of likely N-dealkylation sites (N-methyl/N-ethyl adjacent to an activating group) is 1. The second-order valence-corrected chi connectivity index (χ2v) is 9.14. The SMILES string of the molecule is CN1CCN(CCCNC(=O)Nc2nc3c(s2)CCCC3)C(c2ccccc2)C1. The van der Waals surface area contributed by atoms with Crippen LogP contribution in [0.1, 0.15) is 41.4 Å². The first-order valence-electron chi connectivity index (χ1n) is 10.7. The Bertz CT molecular complexity index is 785. The molecule has 1 aliphatic carbocycles. The van der Waals surface area contributed by atoms with Crippen molar-refractivity contribution in [2.75, 3.05) is 45.1 Å². The predicted molar refractivity (Wildman–Crippen MR) is 119 cm³/mol. The number of nitrogens with one attached hydrogen (secondary N) is 2. The van der Waals surface area contributed by atoms with E-state index in [1.807, 2.05) is 0 Å². The predicted octanol–water partition coefficient (Wildman–Crippen LogP) is 3.52. The van der Waals surface area contributed by atoms with E-state index >= 15 is 0 Å². The van der Waals surface area contributed by atoms with Gasteiger partial charge in [-0.25, -0.2) is 9.78 Å². The zero-order valence-electron chi connectivity index (χ0n) is 17.2. The number of nitrogens with zero attached hydrogens (tertiary/aromatic N) is 3. The van der Waals surface area contributed by atoms with Crippen LogP contribution in [0.15, 0.2) is 30.3 Å². The molecule has 7 heteroatoms. The van der Waals surface area contributed by atoms with E-state index in [1.54, 1.807) is 11.3 Å². The lowest BCUT2D eigenvalue weighted by atomic mass is 10.0. The van der Waals surface area contributed by atoms with Crippen LogP contribution in [0, 0.1) is 0 Å². The van der Waals surface area contributed by atoms with E-state index in [0.717, 1.165) is 50.6 Å². The van der Waals surface area contributed by atoms with Crippen LogP contribution in [-0.4, -0.2) is 60.6 Å². The van der Waals surface area contributed by atoms with Gasteiger partial charge in [0.25, 0.3) is 0 Å². The zero-order chi connectivity index (χ0) is 20.1. The van der Waals surface area contributed by atoms with Gasteiger partial charge in [-0.3, -0.25) is 10.2 Å². The molecule has 6 nitrogen and oxygen atoms in total. The summed E-state index contributed by atoms with van der Waals surface area (Å²) in [6.45, 7) is 4.86. The summed E-state index contributed by atoms with van der Waals surface area (Å²) < 4.78 is 0. The first-order chi connectivity index (χ1) is 14.2. The average molecular weight is 414 g/mol. The zero-order valence-corrected chi connectivity index (χ0v) is 18.0. The van der Waals surface area contributed by atoms with Crippen LogP contribution in [0.3, 0.4) is 0 Å². The Kier molecular flexibility index (Phi) is 6.79. The number of piperazine rings is 1. The molecule has 0 spiro atoms. The number of hydrogen-bond donors (Lipinski definition) is 2. The Morgan fingerprint density at radius 1 is 1.21 bits per heavy atom. The van der Waals surface area contributed by atoms with Gasteiger partial charge in [0.15, 0.2) is 5.13 Å². The second kappa shape index (κ2) is 9.69. The monoisotopic (exact) mass is 413 g/mol. The number of thiazole rings is 1. The molecule has 2 aliphatic rings. The summed E-state index contributed by atoms with van der Waals surface area (Å²) in [5.74, 6) is 0. The third-order valence-corrected chi connectivity index (χ3v) is 6.93. The van der Waals surface area contributed by atoms with Crippen molar-refractivity contribution in [3.63, 3.8) is 0 Å². The normalized spacial score (nSPS) is 20.2. The van der Waals surface area contributed by atoms with E-state index in [9.17, 15) is 4.79 Å². The van der Waals surface area contributed by atoms with Crippen LogP contribution in [0.5, 0.6) is 0 Å². The van der Waals surface area contributed by atoms with Gasteiger partial charge in [0.2, 0.25) is 0 Å².